The first-order valence-corrected chi connectivity index (χ1v) is 8.68. The van der Waals surface area contributed by atoms with E-state index in [9.17, 15) is 4.79 Å². The number of aromatic nitrogens is 2. The summed E-state index contributed by atoms with van der Waals surface area (Å²) in [7, 11) is 1.88. The molecule has 3 rings (SSSR count). The molecule has 0 aromatic carbocycles. The van der Waals surface area contributed by atoms with Gasteiger partial charge >= 0.3 is 0 Å². The SMILES string of the molecule is Cc1nn(C)cc1NC(=O)C1CCN(C2CCCCC2)CC1. The van der Waals surface area contributed by atoms with E-state index in [1.807, 2.05) is 20.2 Å². The van der Waals surface area contributed by atoms with Crippen LogP contribution in [0, 0.1) is 12.8 Å². The highest BCUT2D eigenvalue weighted by molar-refractivity contribution is 5.93. The van der Waals surface area contributed by atoms with Gasteiger partial charge in [-0.05, 0) is 45.7 Å². The zero-order chi connectivity index (χ0) is 15.5. The second-order valence-corrected chi connectivity index (χ2v) is 6.89. The van der Waals surface area contributed by atoms with Gasteiger partial charge in [0.1, 0.15) is 0 Å². The van der Waals surface area contributed by atoms with E-state index in [-0.39, 0.29) is 11.8 Å². The minimum Gasteiger partial charge on any atom is -0.323 e. The van der Waals surface area contributed by atoms with Crippen LogP contribution in [0.2, 0.25) is 0 Å². The lowest BCUT2D eigenvalue weighted by molar-refractivity contribution is -0.121. The van der Waals surface area contributed by atoms with Crippen LogP contribution in [0.3, 0.4) is 0 Å². The van der Waals surface area contributed by atoms with Gasteiger partial charge in [0.2, 0.25) is 5.91 Å². The number of nitrogens with one attached hydrogen (secondary N) is 1. The van der Waals surface area contributed by atoms with Crippen LogP contribution in [-0.2, 0) is 11.8 Å². The molecule has 1 amide bonds. The first-order valence-electron chi connectivity index (χ1n) is 8.68. The molecule has 22 heavy (non-hydrogen) atoms. The van der Waals surface area contributed by atoms with Crippen molar-refractivity contribution >= 4 is 11.6 Å². The number of hydrogen-bond donors (Lipinski definition) is 1. The van der Waals surface area contributed by atoms with E-state index in [1.54, 1.807) is 4.68 Å². The largest absolute Gasteiger partial charge is 0.323 e. The number of aryl methyl sites for hydroxylation is 2. The number of likely N-dealkylation sites (tertiary alicyclic amines) is 1. The number of hydrogen-bond acceptors (Lipinski definition) is 3. The zero-order valence-electron chi connectivity index (χ0n) is 13.8. The molecule has 122 valence electrons. The van der Waals surface area contributed by atoms with Crippen molar-refractivity contribution in [2.75, 3.05) is 18.4 Å². The minimum atomic E-state index is 0.152. The Morgan fingerprint density at radius 1 is 1.18 bits per heavy atom. The van der Waals surface area contributed by atoms with Crippen molar-refractivity contribution in [2.45, 2.75) is 57.9 Å². The summed E-state index contributed by atoms with van der Waals surface area (Å²) in [5, 5.41) is 7.33. The molecular weight excluding hydrogens is 276 g/mol. The van der Waals surface area contributed by atoms with Crippen molar-refractivity contribution in [2.24, 2.45) is 13.0 Å². The molecule has 5 heteroatoms. The third-order valence-electron chi connectivity index (χ3n) is 5.26. The van der Waals surface area contributed by atoms with Crippen LogP contribution >= 0.6 is 0 Å². The summed E-state index contributed by atoms with van der Waals surface area (Å²) in [5.74, 6) is 0.318. The second-order valence-electron chi connectivity index (χ2n) is 6.89. The Balaban J connectivity index is 1.50. The van der Waals surface area contributed by atoms with Crippen LogP contribution in [-0.4, -0.2) is 39.7 Å². The molecule has 1 N–H and O–H groups in total. The van der Waals surface area contributed by atoms with Crippen LogP contribution in [0.5, 0.6) is 0 Å². The van der Waals surface area contributed by atoms with Gasteiger partial charge in [0, 0.05) is 25.2 Å². The Kier molecular flexibility index (Phi) is 4.81. The number of rotatable bonds is 3. The number of nitrogens with zero attached hydrogens (tertiary/aromatic N) is 3. The topological polar surface area (TPSA) is 50.2 Å². The van der Waals surface area contributed by atoms with Gasteiger partial charge < -0.3 is 10.2 Å². The molecule has 2 heterocycles. The average Bonchev–Trinajstić information content (AvgIpc) is 2.86. The fourth-order valence-corrected chi connectivity index (χ4v) is 3.93. The molecule has 2 aliphatic rings. The average molecular weight is 304 g/mol. The molecule has 5 nitrogen and oxygen atoms in total. The Bertz CT molecular complexity index is 511. The number of carbonyl (C=O) groups is 1. The summed E-state index contributed by atoms with van der Waals surface area (Å²) >= 11 is 0. The van der Waals surface area contributed by atoms with Crippen molar-refractivity contribution in [1.82, 2.24) is 14.7 Å². The van der Waals surface area contributed by atoms with E-state index >= 15 is 0 Å². The van der Waals surface area contributed by atoms with Gasteiger partial charge in [-0.3, -0.25) is 9.48 Å². The Morgan fingerprint density at radius 3 is 2.45 bits per heavy atom. The normalized spacial score (nSPS) is 21.9. The smallest absolute Gasteiger partial charge is 0.227 e. The van der Waals surface area contributed by atoms with Crippen LogP contribution in [0.4, 0.5) is 5.69 Å². The van der Waals surface area contributed by atoms with Gasteiger partial charge in [0.25, 0.3) is 0 Å². The minimum absolute atomic E-state index is 0.152. The fraction of sp³-hybridized carbons (Fsp3) is 0.765. The van der Waals surface area contributed by atoms with Crippen LogP contribution in [0.15, 0.2) is 6.20 Å². The Hall–Kier alpha value is -1.36. The van der Waals surface area contributed by atoms with Crippen molar-refractivity contribution in [3.63, 3.8) is 0 Å². The van der Waals surface area contributed by atoms with Crippen molar-refractivity contribution in [1.29, 1.82) is 0 Å². The molecule has 2 fully saturated rings. The van der Waals surface area contributed by atoms with Crippen LogP contribution in [0.1, 0.15) is 50.6 Å². The number of piperidine rings is 1. The third-order valence-corrected chi connectivity index (χ3v) is 5.26. The van der Waals surface area contributed by atoms with E-state index in [0.29, 0.717) is 0 Å². The molecule has 1 aliphatic carbocycles. The molecule has 1 aromatic heterocycles. The van der Waals surface area contributed by atoms with Crippen LogP contribution < -0.4 is 5.32 Å². The summed E-state index contributed by atoms with van der Waals surface area (Å²) < 4.78 is 1.75. The standard InChI is InChI=1S/C17H28N4O/c1-13-16(12-20(2)19-13)18-17(22)14-8-10-21(11-9-14)15-6-4-3-5-7-15/h12,14-15H,3-11H2,1-2H3,(H,18,22). The molecule has 1 saturated carbocycles. The van der Waals surface area contributed by atoms with Crippen molar-refractivity contribution in [3.8, 4) is 0 Å². The van der Waals surface area contributed by atoms with Gasteiger partial charge in [-0.2, -0.15) is 5.10 Å². The Labute approximate surface area is 133 Å². The molecule has 0 spiro atoms. The van der Waals surface area contributed by atoms with E-state index in [4.69, 9.17) is 0 Å². The lowest BCUT2D eigenvalue weighted by Crippen LogP contribution is -2.44. The highest BCUT2D eigenvalue weighted by Gasteiger charge is 2.29. The lowest BCUT2D eigenvalue weighted by atomic mass is 9.90. The molecule has 0 atom stereocenters. The maximum atomic E-state index is 12.4. The fourth-order valence-electron chi connectivity index (χ4n) is 3.93. The zero-order valence-corrected chi connectivity index (χ0v) is 13.8. The summed E-state index contributed by atoms with van der Waals surface area (Å²) in [6.07, 6.45) is 10.7. The predicted octanol–water partition coefficient (Wildman–Crippen LogP) is 2.71. The highest BCUT2D eigenvalue weighted by Crippen LogP contribution is 2.27. The van der Waals surface area contributed by atoms with Gasteiger partial charge in [-0.25, -0.2) is 0 Å². The third kappa shape index (κ3) is 3.51. The summed E-state index contributed by atoms with van der Waals surface area (Å²) in [6.45, 7) is 4.09. The summed E-state index contributed by atoms with van der Waals surface area (Å²) in [4.78, 5) is 15.1. The van der Waals surface area contributed by atoms with E-state index < -0.39 is 0 Å². The first kappa shape index (κ1) is 15.5. The molecule has 1 aromatic rings. The number of amides is 1. The lowest BCUT2D eigenvalue weighted by Gasteiger charge is -2.38. The number of carbonyl (C=O) groups excluding carboxylic acids is 1. The maximum absolute atomic E-state index is 12.4. The van der Waals surface area contributed by atoms with E-state index in [1.165, 1.54) is 32.1 Å². The monoisotopic (exact) mass is 304 g/mol. The van der Waals surface area contributed by atoms with E-state index in [2.05, 4.69) is 15.3 Å². The van der Waals surface area contributed by atoms with Crippen LogP contribution in [0.25, 0.3) is 0 Å². The maximum Gasteiger partial charge on any atom is 0.227 e. The Morgan fingerprint density at radius 2 is 1.86 bits per heavy atom. The van der Waals surface area contributed by atoms with Crippen molar-refractivity contribution in [3.05, 3.63) is 11.9 Å². The van der Waals surface area contributed by atoms with Gasteiger partial charge in [0.15, 0.2) is 0 Å². The van der Waals surface area contributed by atoms with Gasteiger partial charge in [-0.15, -0.1) is 0 Å². The predicted molar refractivity (Wildman–Crippen MR) is 87.7 cm³/mol. The summed E-state index contributed by atoms with van der Waals surface area (Å²) in [5.41, 5.74) is 1.73. The molecule has 1 aliphatic heterocycles. The molecule has 0 bridgehead atoms. The highest BCUT2D eigenvalue weighted by atomic mass is 16.1. The molecule has 0 radical (unpaired) electrons. The first-order chi connectivity index (χ1) is 10.6. The quantitative estimate of drug-likeness (QED) is 0.934. The second kappa shape index (κ2) is 6.82. The van der Waals surface area contributed by atoms with Gasteiger partial charge in [-0.1, -0.05) is 19.3 Å². The van der Waals surface area contributed by atoms with Crippen molar-refractivity contribution < 1.29 is 4.79 Å². The van der Waals surface area contributed by atoms with E-state index in [0.717, 1.165) is 43.4 Å². The number of anilines is 1. The molecule has 0 unspecified atom stereocenters. The molecule has 1 saturated heterocycles. The molecular formula is C17H28N4O. The summed E-state index contributed by atoms with van der Waals surface area (Å²) in [6, 6.07) is 0.776. The van der Waals surface area contributed by atoms with Gasteiger partial charge in [0.05, 0.1) is 11.4 Å².